The zero-order chi connectivity index (χ0) is 24.6. The van der Waals surface area contributed by atoms with Crippen LogP contribution in [-0.2, 0) is 6.54 Å². The Morgan fingerprint density at radius 2 is 1.86 bits per heavy atom. The summed E-state index contributed by atoms with van der Waals surface area (Å²) in [5, 5.41) is 15.5. The maximum Gasteiger partial charge on any atom is 0.155 e. The molecule has 1 aliphatic carbocycles. The van der Waals surface area contributed by atoms with Gasteiger partial charge < -0.3 is 10.3 Å². The topological polar surface area (TPSA) is 95.2 Å². The van der Waals surface area contributed by atoms with Crippen LogP contribution >= 0.6 is 11.3 Å². The fourth-order valence-corrected chi connectivity index (χ4v) is 6.21. The molecule has 6 aromatic heterocycles. The summed E-state index contributed by atoms with van der Waals surface area (Å²) in [6.45, 7) is 1.92. The third kappa shape index (κ3) is 4.32. The van der Waals surface area contributed by atoms with Gasteiger partial charge in [0.1, 0.15) is 11.3 Å². The quantitative estimate of drug-likeness (QED) is 0.228. The third-order valence-corrected chi connectivity index (χ3v) is 8.26. The van der Waals surface area contributed by atoms with Crippen LogP contribution in [0.4, 0.5) is 0 Å². The lowest BCUT2D eigenvalue weighted by atomic mass is 10.1. The van der Waals surface area contributed by atoms with E-state index in [1.54, 1.807) is 11.3 Å². The summed E-state index contributed by atoms with van der Waals surface area (Å²) in [7, 11) is 0. The summed E-state index contributed by atoms with van der Waals surface area (Å²) >= 11 is 1.73. The first-order valence-corrected chi connectivity index (χ1v) is 13.7. The van der Waals surface area contributed by atoms with Crippen LogP contribution in [0.25, 0.3) is 55.0 Å². The zero-order valence-electron chi connectivity index (χ0n) is 20.4. The Kier molecular flexibility index (Phi) is 5.75. The molecular formula is C29H27N7S. The van der Waals surface area contributed by atoms with Crippen LogP contribution in [0.3, 0.4) is 0 Å². The van der Waals surface area contributed by atoms with Crippen LogP contribution in [0, 0.1) is 5.92 Å². The number of hydrogen-bond acceptors (Lipinski definition) is 6. The second-order valence-electron chi connectivity index (χ2n) is 9.84. The predicted molar refractivity (Wildman–Crippen MR) is 149 cm³/mol. The Balaban J connectivity index is 1.20. The molecule has 1 aliphatic rings. The molecule has 0 saturated heterocycles. The molecule has 6 heterocycles. The lowest BCUT2D eigenvalue weighted by Gasteiger charge is -2.11. The Bertz CT molecular complexity index is 1680. The smallest absolute Gasteiger partial charge is 0.155 e. The molecule has 0 bridgehead atoms. The van der Waals surface area contributed by atoms with Crippen LogP contribution in [-0.4, -0.2) is 36.7 Å². The minimum absolute atomic E-state index is 0.756. The highest BCUT2D eigenvalue weighted by molar-refractivity contribution is 7.13. The van der Waals surface area contributed by atoms with E-state index in [-0.39, 0.29) is 0 Å². The predicted octanol–water partition coefficient (Wildman–Crippen LogP) is 6.57. The molecule has 7 nitrogen and oxygen atoms in total. The van der Waals surface area contributed by atoms with Crippen LogP contribution in [0.1, 0.15) is 31.2 Å². The van der Waals surface area contributed by atoms with Crippen molar-refractivity contribution >= 4 is 33.4 Å². The summed E-state index contributed by atoms with van der Waals surface area (Å²) in [6, 6.07) is 12.8. The molecule has 184 valence electrons. The Morgan fingerprint density at radius 1 is 0.946 bits per heavy atom. The Labute approximate surface area is 218 Å². The molecule has 0 radical (unpaired) electrons. The summed E-state index contributed by atoms with van der Waals surface area (Å²) < 4.78 is 0. The largest absolute Gasteiger partial charge is 0.338 e. The molecule has 1 saturated carbocycles. The minimum atomic E-state index is 0.756. The van der Waals surface area contributed by atoms with Crippen LogP contribution in [0.15, 0.2) is 66.6 Å². The molecular weight excluding hydrogens is 478 g/mol. The van der Waals surface area contributed by atoms with Crippen molar-refractivity contribution in [2.45, 2.75) is 32.2 Å². The molecule has 0 atom stereocenters. The minimum Gasteiger partial charge on any atom is -0.338 e. The highest BCUT2D eigenvalue weighted by atomic mass is 32.1. The number of aromatic amines is 2. The van der Waals surface area contributed by atoms with Gasteiger partial charge in [-0.05, 0) is 66.6 Å². The van der Waals surface area contributed by atoms with Gasteiger partial charge in [-0.1, -0.05) is 18.9 Å². The average Bonchev–Trinajstić information content (AvgIpc) is 3.74. The number of nitrogens with zero attached hydrogens (tertiary/aromatic N) is 4. The van der Waals surface area contributed by atoms with Crippen LogP contribution in [0.2, 0.25) is 0 Å². The molecule has 0 amide bonds. The van der Waals surface area contributed by atoms with Crippen molar-refractivity contribution in [3.05, 3.63) is 72.1 Å². The standard InChI is InChI=1S/C29H27N7S/c1-2-5-18(4-1)13-30-14-19-10-20(16-31-15-19)21-11-24-27(35-36-29(24)33-17-21)25-12-23-22(26-6-3-9-37-26)7-8-32-28(23)34-25/h3,6-12,15-18,30H,1-2,4-5,13-14H2,(H,32,34)(H,33,35,36). The maximum atomic E-state index is 4.67. The van der Waals surface area contributed by atoms with E-state index in [1.165, 1.54) is 41.7 Å². The number of aromatic nitrogens is 6. The van der Waals surface area contributed by atoms with Crippen molar-refractivity contribution in [1.29, 1.82) is 0 Å². The molecule has 7 rings (SSSR count). The summed E-state index contributed by atoms with van der Waals surface area (Å²) in [5.41, 5.74) is 7.79. The van der Waals surface area contributed by atoms with Crippen molar-refractivity contribution in [3.63, 3.8) is 0 Å². The van der Waals surface area contributed by atoms with Crippen LogP contribution in [0.5, 0.6) is 0 Å². The van der Waals surface area contributed by atoms with Crippen molar-refractivity contribution in [1.82, 2.24) is 35.5 Å². The molecule has 6 aromatic rings. The summed E-state index contributed by atoms with van der Waals surface area (Å²) in [4.78, 5) is 18.4. The van der Waals surface area contributed by atoms with Crippen molar-refractivity contribution in [3.8, 4) is 33.0 Å². The number of rotatable bonds is 7. The van der Waals surface area contributed by atoms with E-state index in [4.69, 9.17) is 0 Å². The van der Waals surface area contributed by atoms with E-state index < -0.39 is 0 Å². The molecule has 0 spiro atoms. The van der Waals surface area contributed by atoms with Gasteiger partial charge in [-0.25, -0.2) is 9.97 Å². The molecule has 3 N–H and O–H groups in total. The first-order valence-electron chi connectivity index (χ1n) is 12.8. The number of nitrogens with one attached hydrogen (secondary N) is 3. The highest BCUT2D eigenvalue weighted by Gasteiger charge is 2.17. The normalized spacial score (nSPS) is 14.3. The molecule has 0 aliphatic heterocycles. The van der Waals surface area contributed by atoms with E-state index in [0.717, 1.165) is 63.6 Å². The van der Waals surface area contributed by atoms with Gasteiger partial charge in [0.15, 0.2) is 5.65 Å². The number of H-pyrrole nitrogens is 2. The second-order valence-corrected chi connectivity index (χ2v) is 10.8. The van der Waals surface area contributed by atoms with E-state index in [9.17, 15) is 0 Å². The molecule has 0 aromatic carbocycles. The first kappa shape index (κ1) is 22.3. The third-order valence-electron chi connectivity index (χ3n) is 7.36. The van der Waals surface area contributed by atoms with Gasteiger partial charge in [-0.15, -0.1) is 11.3 Å². The number of hydrogen-bond donors (Lipinski definition) is 3. The number of pyridine rings is 3. The maximum absolute atomic E-state index is 4.67. The van der Waals surface area contributed by atoms with E-state index >= 15 is 0 Å². The lowest BCUT2D eigenvalue weighted by molar-refractivity contribution is 0.489. The SMILES string of the molecule is c1csc(-c2ccnc3[nH]c(-c4n[nH]c5ncc(-c6cncc(CNCC7CCCC7)c6)cc45)cc23)c1. The lowest BCUT2D eigenvalue weighted by Crippen LogP contribution is -2.20. The van der Waals surface area contributed by atoms with Crippen molar-refractivity contribution in [2.24, 2.45) is 5.92 Å². The van der Waals surface area contributed by atoms with Gasteiger partial charge in [0, 0.05) is 63.7 Å². The second kappa shape index (κ2) is 9.53. The highest BCUT2D eigenvalue weighted by Crippen LogP contribution is 2.35. The fourth-order valence-electron chi connectivity index (χ4n) is 5.45. The van der Waals surface area contributed by atoms with Gasteiger partial charge in [0.05, 0.1) is 5.69 Å². The summed E-state index contributed by atoms with van der Waals surface area (Å²) in [6.07, 6.45) is 13.0. The summed E-state index contributed by atoms with van der Waals surface area (Å²) in [5.74, 6) is 0.823. The monoisotopic (exact) mass is 505 g/mol. The molecule has 1 fully saturated rings. The fraction of sp³-hybridized carbons (Fsp3) is 0.241. The first-order chi connectivity index (χ1) is 18.3. The van der Waals surface area contributed by atoms with Gasteiger partial charge in [0.25, 0.3) is 0 Å². The van der Waals surface area contributed by atoms with Crippen molar-refractivity contribution in [2.75, 3.05) is 6.54 Å². The average molecular weight is 506 g/mol. The molecule has 37 heavy (non-hydrogen) atoms. The molecule has 8 heteroatoms. The van der Waals surface area contributed by atoms with E-state index in [1.807, 2.05) is 24.8 Å². The van der Waals surface area contributed by atoms with E-state index in [0.29, 0.717) is 0 Å². The number of fused-ring (bicyclic) bond motifs is 2. The van der Waals surface area contributed by atoms with Gasteiger partial charge in [0.2, 0.25) is 0 Å². The van der Waals surface area contributed by atoms with Gasteiger partial charge in [-0.3, -0.25) is 10.1 Å². The number of thiophene rings is 1. The zero-order valence-corrected chi connectivity index (χ0v) is 21.2. The molecule has 0 unspecified atom stereocenters. The van der Waals surface area contributed by atoms with Crippen LogP contribution < -0.4 is 5.32 Å². The van der Waals surface area contributed by atoms with E-state index in [2.05, 4.69) is 77.2 Å². The Hall–Kier alpha value is -3.88. The Morgan fingerprint density at radius 3 is 2.76 bits per heavy atom. The van der Waals surface area contributed by atoms with Crippen molar-refractivity contribution < 1.29 is 0 Å². The van der Waals surface area contributed by atoms with Gasteiger partial charge >= 0.3 is 0 Å². The van der Waals surface area contributed by atoms with Gasteiger partial charge in [-0.2, -0.15) is 5.10 Å².